The Bertz CT molecular complexity index is 724. The summed E-state index contributed by atoms with van der Waals surface area (Å²) in [7, 11) is 0. The zero-order chi connectivity index (χ0) is 16.7. The number of carbonyl (C=O) groups excluding carboxylic acids is 3. The SMILES string of the molecule is CC(=O)Oc1cccc2c1C(=O)C(SC(F)(F)F)=C(Br)C2=O. The standard InChI is InChI=1S/C13H6BrF3O4S/c1-5(18)21-7-4-2-3-6-8(7)11(20)12(9(14)10(6)19)22-13(15,16)17/h2-4H,1H3. The average Bonchev–Trinajstić information content (AvgIpc) is 2.39. The summed E-state index contributed by atoms with van der Waals surface area (Å²) in [5.41, 5.74) is -5.21. The summed E-state index contributed by atoms with van der Waals surface area (Å²) in [6.07, 6.45) is 0. The van der Waals surface area contributed by atoms with E-state index < -0.39 is 44.2 Å². The van der Waals surface area contributed by atoms with E-state index in [-0.39, 0.29) is 16.9 Å². The smallest absolute Gasteiger partial charge is 0.426 e. The minimum Gasteiger partial charge on any atom is -0.426 e. The van der Waals surface area contributed by atoms with Crippen LogP contribution in [0.25, 0.3) is 0 Å². The monoisotopic (exact) mass is 394 g/mol. The fraction of sp³-hybridized carbons (Fsp3) is 0.154. The first-order valence-electron chi connectivity index (χ1n) is 5.68. The van der Waals surface area contributed by atoms with Gasteiger partial charge in [-0.3, -0.25) is 14.4 Å². The van der Waals surface area contributed by atoms with E-state index in [0.717, 1.165) is 6.92 Å². The Morgan fingerprint density at radius 3 is 2.41 bits per heavy atom. The Hall–Kier alpha value is -1.61. The van der Waals surface area contributed by atoms with E-state index in [1.165, 1.54) is 18.2 Å². The molecule has 0 N–H and O–H groups in total. The van der Waals surface area contributed by atoms with Crippen LogP contribution in [0.3, 0.4) is 0 Å². The first-order valence-corrected chi connectivity index (χ1v) is 7.29. The topological polar surface area (TPSA) is 60.4 Å². The number of Topliss-reactive ketones (excluding diaryl/α,β-unsaturated/α-hetero) is 2. The number of benzene rings is 1. The third-order valence-electron chi connectivity index (χ3n) is 2.57. The van der Waals surface area contributed by atoms with Gasteiger partial charge >= 0.3 is 11.5 Å². The number of halogens is 4. The van der Waals surface area contributed by atoms with Crippen molar-refractivity contribution in [1.29, 1.82) is 0 Å². The number of alkyl halides is 3. The lowest BCUT2D eigenvalue weighted by atomic mass is 9.94. The van der Waals surface area contributed by atoms with E-state index in [9.17, 15) is 27.6 Å². The largest absolute Gasteiger partial charge is 0.446 e. The number of rotatable bonds is 2. The quantitative estimate of drug-likeness (QED) is 0.563. The third-order valence-corrected chi connectivity index (χ3v) is 4.42. The molecule has 0 saturated carbocycles. The number of allylic oxidation sites excluding steroid dienone is 2. The molecule has 9 heteroatoms. The Morgan fingerprint density at radius 1 is 1.23 bits per heavy atom. The number of hydrogen-bond donors (Lipinski definition) is 0. The van der Waals surface area contributed by atoms with E-state index in [4.69, 9.17) is 4.74 Å². The first kappa shape index (κ1) is 16.8. The van der Waals surface area contributed by atoms with Gasteiger partial charge in [-0.1, -0.05) is 6.07 Å². The Morgan fingerprint density at radius 2 is 1.86 bits per heavy atom. The van der Waals surface area contributed by atoms with Crippen molar-refractivity contribution in [1.82, 2.24) is 0 Å². The number of fused-ring (bicyclic) bond motifs is 1. The number of ketones is 2. The third kappa shape index (κ3) is 3.25. The van der Waals surface area contributed by atoms with Crippen LogP contribution in [-0.2, 0) is 4.79 Å². The lowest BCUT2D eigenvalue weighted by Gasteiger charge is -2.20. The highest BCUT2D eigenvalue weighted by atomic mass is 79.9. The highest BCUT2D eigenvalue weighted by Crippen LogP contribution is 2.45. The number of ether oxygens (including phenoxy) is 1. The first-order chi connectivity index (χ1) is 10.1. The maximum absolute atomic E-state index is 12.6. The molecule has 22 heavy (non-hydrogen) atoms. The Balaban J connectivity index is 2.60. The molecule has 116 valence electrons. The maximum Gasteiger partial charge on any atom is 0.446 e. The molecule has 0 aromatic heterocycles. The number of thioether (sulfide) groups is 1. The fourth-order valence-electron chi connectivity index (χ4n) is 1.84. The van der Waals surface area contributed by atoms with E-state index >= 15 is 0 Å². The van der Waals surface area contributed by atoms with Gasteiger partial charge in [-0.25, -0.2) is 0 Å². The van der Waals surface area contributed by atoms with Crippen molar-refractivity contribution >= 4 is 45.2 Å². The highest BCUT2D eigenvalue weighted by Gasteiger charge is 2.41. The zero-order valence-electron chi connectivity index (χ0n) is 10.8. The second-order valence-corrected chi connectivity index (χ2v) is 5.99. The molecule has 0 spiro atoms. The second-order valence-electron chi connectivity index (χ2n) is 4.12. The molecule has 0 bridgehead atoms. The van der Waals surface area contributed by atoms with Crippen LogP contribution in [0.5, 0.6) is 5.75 Å². The lowest BCUT2D eigenvalue weighted by Crippen LogP contribution is -2.22. The van der Waals surface area contributed by atoms with Gasteiger partial charge in [-0.05, 0) is 39.8 Å². The number of esters is 1. The lowest BCUT2D eigenvalue weighted by molar-refractivity contribution is -0.131. The maximum atomic E-state index is 12.6. The van der Waals surface area contributed by atoms with Gasteiger partial charge < -0.3 is 4.74 Å². The molecule has 0 atom stereocenters. The Labute approximate surface area is 134 Å². The van der Waals surface area contributed by atoms with Crippen molar-refractivity contribution in [2.45, 2.75) is 12.4 Å². The van der Waals surface area contributed by atoms with Crippen LogP contribution in [0.15, 0.2) is 27.6 Å². The van der Waals surface area contributed by atoms with Gasteiger partial charge in [-0.15, -0.1) is 0 Å². The molecular formula is C13H6BrF3O4S. The van der Waals surface area contributed by atoms with Crippen LogP contribution in [0, 0.1) is 0 Å². The van der Waals surface area contributed by atoms with Gasteiger partial charge in [0.2, 0.25) is 11.6 Å². The molecule has 1 aromatic rings. The van der Waals surface area contributed by atoms with Crippen molar-refractivity contribution in [3.8, 4) is 5.75 Å². The molecule has 0 unspecified atom stereocenters. The molecule has 4 nitrogen and oxygen atoms in total. The van der Waals surface area contributed by atoms with Crippen molar-refractivity contribution < 1.29 is 32.3 Å². The van der Waals surface area contributed by atoms with Gasteiger partial charge in [0, 0.05) is 12.5 Å². The van der Waals surface area contributed by atoms with Crippen LogP contribution >= 0.6 is 27.7 Å². The van der Waals surface area contributed by atoms with E-state index in [1.54, 1.807) is 0 Å². The molecule has 1 aromatic carbocycles. The van der Waals surface area contributed by atoms with E-state index in [1.807, 2.05) is 0 Å². The minimum absolute atomic E-state index is 0.123. The van der Waals surface area contributed by atoms with Gasteiger partial charge in [0.25, 0.3) is 0 Å². The molecule has 2 rings (SSSR count). The van der Waals surface area contributed by atoms with Crippen molar-refractivity contribution in [3.05, 3.63) is 38.7 Å². The van der Waals surface area contributed by atoms with Crippen LogP contribution in [0.4, 0.5) is 13.2 Å². The molecule has 0 heterocycles. The molecule has 0 aliphatic heterocycles. The summed E-state index contributed by atoms with van der Waals surface area (Å²) in [6.45, 7) is 1.08. The molecule has 0 amide bonds. The molecular weight excluding hydrogens is 389 g/mol. The van der Waals surface area contributed by atoms with Gasteiger partial charge in [0.1, 0.15) is 5.75 Å². The van der Waals surface area contributed by atoms with Crippen molar-refractivity contribution in [3.63, 3.8) is 0 Å². The summed E-state index contributed by atoms with van der Waals surface area (Å²) in [5.74, 6) is -2.81. The molecule has 1 aliphatic rings. The van der Waals surface area contributed by atoms with Crippen LogP contribution < -0.4 is 4.74 Å². The van der Waals surface area contributed by atoms with Gasteiger partial charge in [0.15, 0.2) is 0 Å². The summed E-state index contributed by atoms with van der Waals surface area (Å²) in [6, 6.07) is 3.88. The second kappa shape index (κ2) is 5.88. The van der Waals surface area contributed by atoms with Crippen LogP contribution in [0.2, 0.25) is 0 Å². The van der Waals surface area contributed by atoms with Crippen molar-refractivity contribution in [2.24, 2.45) is 0 Å². The Kier molecular flexibility index (Phi) is 4.48. The molecule has 1 aliphatic carbocycles. The zero-order valence-corrected chi connectivity index (χ0v) is 13.2. The van der Waals surface area contributed by atoms with E-state index in [0.29, 0.717) is 0 Å². The fourth-order valence-corrected chi connectivity index (χ4v) is 3.08. The van der Waals surface area contributed by atoms with Gasteiger partial charge in [-0.2, -0.15) is 13.2 Å². The summed E-state index contributed by atoms with van der Waals surface area (Å²) in [4.78, 5) is 34.7. The average molecular weight is 395 g/mol. The predicted molar refractivity (Wildman–Crippen MR) is 76.0 cm³/mol. The van der Waals surface area contributed by atoms with Gasteiger partial charge in [0.05, 0.1) is 15.0 Å². The summed E-state index contributed by atoms with van der Waals surface area (Å²) < 4.78 is 42.0. The molecule has 0 saturated heterocycles. The predicted octanol–water partition coefficient (Wildman–Crippen LogP) is 3.85. The highest BCUT2D eigenvalue weighted by molar-refractivity contribution is 9.12. The number of carbonyl (C=O) groups is 3. The molecule has 0 fully saturated rings. The van der Waals surface area contributed by atoms with Crippen LogP contribution in [-0.4, -0.2) is 23.0 Å². The van der Waals surface area contributed by atoms with Crippen molar-refractivity contribution in [2.75, 3.05) is 0 Å². The van der Waals surface area contributed by atoms with E-state index in [2.05, 4.69) is 15.9 Å². The van der Waals surface area contributed by atoms with Crippen LogP contribution in [0.1, 0.15) is 27.6 Å². The number of hydrogen-bond acceptors (Lipinski definition) is 5. The molecule has 0 radical (unpaired) electrons. The minimum atomic E-state index is -4.74. The normalized spacial score (nSPS) is 15.0. The summed E-state index contributed by atoms with van der Waals surface area (Å²) in [5, 5.41) is 0. The summed E-state index contributed by atoms with van der Waals surface area (Å²) >= 11 is 2.05.